The molecule has 4 heteroatoms. The molecule has 3 saturated heterocycles. The molecule has 2 unspecified atom stereocenters. The second-order valence-electron chi connectivity index (χ2n) is 5.40. The zero-order chi connectivity index (χ0) is 12.5. The minimum Gasteiger partial charge on any atom is -0.326 e. The van der Waals surface area contributed by atoms with Gasteiger partial charge in [-0.3, -0.25) is 9.80 Å². The molecule has 18 heavy (non-hydrogen) atoms. The molecule has 3 nitrogen and oxygen atoms in total. The van der Waals surface area contributed by atoms with E-state index in [9.17, 15) is 0 Å². The fourth-order valence-corrected chi connectivity index (χ4v) is 3.45. The molecule has 0 amide bonds. The molecule has 0 spiro atoms. The van der Waals surface area contributed by atoms with Gasteiger partial charge in [0.05, 0.1) is 0 Å². The van der Waals surface area contributed by atoms with Crippen molar-refractivity contribution in [2.24, 2.45) is 5.73 Å². The van der Waals surface area contributed by atoms with E-state index in [0.29, 0.717) is 6.04 Å². The van der Waals surface area contributed by atoms with Crippen LogP contribution in [0.1, 0.15) is 5.56 Å². The van der Waals surface area contributed by atoms with E-state index >= 15 is 0 Å². The Kier molecular flexibility index (Phi) is 3.89. The van der Waals surface area contributed by atoms with Crippen LogP contribution in [0.2, 0.25) is 0 Å². The minimum atomic E-state index is 0.258. The molecule has 4 rings (SSSR count). The molecule has 3 aliphatic heterocycles. The van der Waals surface area contributed by atoms with Gasteiger partial charge in [-0.05, 0) is 46.7 Å². The molecule has 1 aromatic carbocycles. The zero-order valence-corrected chi connectivity index (χ0v) is 12.7. The summed E-state index contributed by atoms with van der Waals surface area (Å²) in [5, 5.41) is 0. The highest BCUT2D eigenvalue weighted by molar-refractivity contribution is 14.1. The van der Waals surface area contributed by atoms with Crippen LogP contribution in [0.15, 0.2) is 24.3 Å². The van der Waals surface area contributed by atoms with Gasteiger partial charge in [-0.2, -0.15) is 0 Å². The lowest BCUT2D eigenvalue weighted by molar-refractivity contribution is 0.00258. The lowest BCUT2D eigenvalue weighted by Gasteiger charge is -2.49. The van der Waals surface area contributed by atoms with Crippen LogP contribution in [0.25, 0.3) is 0 Å². The van der Waals surface area contributed by atoms with Crippen LogP contribution in [0.3, 0.4) is 0 Å². The Bertz CT molecular complexity index is 398. The summed E-state index contributed by atoms with van der Waals surface area (Å²) in [6.07, 6.45) is 0.992. The number of rotatable bonds is 3. The van der Waals surface area contributed by atoms with Crippen molar-refractivity contribution >= 4 is 22.6 Å². The van der Waals surface area contributed by atoms with Crippen molar-refractivity contribution in [2.45, 2.75) is 18.5 Å². The maximum Gasteiger partial charge on any atom is 0.0378 e. The van der Waals surface area contributed by atoms with Crippen LogP contribution in [-0.2, 0) is 6.42 Å². The van der Waals surface area contributed by atoms with Crippen LogP contribution < -0.4 is 5.73 Å². The molecule has 0 radical (unpaired) electrons. The summed E-state index contributed by atoms with van der Waals surface area (Å²) in [6, 6.07) is 9.55. The Morgan fingerprint density at radius 1 is 1.17 bits per heavy atom. The summed E-state index contributed by atoms with van der Waals surface area (Å²) in [6.45, 7) is 6.02. The molecular weight excluding hydrogens is 337 g/mol. The lowest BCUT2D eigenvalue weighted by atomic mass is 9.95. The average Bonchev–Trinajstić information content (AvgIpc) is 2.42. The number of fused-ring (bicyclic) bond motifs is 3. The number of nitrogens with two attached hydrogens (primary N) is 1. The third-order valence-electron chi connectivity index (χ3n) is 4.20. The van der Waals surface area contributed by atoms with E-state index in [-0.39, 0.29) is 6.04 Å². The van der Waals surface area contributed by atoms with E-state index in [0.717, 1.165) is 13.0 Å². The predicted octanol–water partition coefficient (Wildman–Crippen LogP) is 1.16. The highest BCUT2D eigenvalue weighted by Crippen LogP contribution is 2.19. The normalized spacial score (nSPS) is 32.4. The molecule has 0 aromatic heterocycles. The minimum absolute atomic E-state index is 0.258. The predicted molar refractivity (Wildman–Crippen MR) is 82.6 cm³/mol. The van der Waals surface area contributed by atoms with Crippen molar-refractivity contribution in [3.05, 3.63) is 33.4 Å². The summed E-state index contributed by atoms with van der Waals surface area (Å²) >= 11 is 2.34. The monoisotopic (exact) mass is 357 g/mol. The van der Waals surface area contributed by atoms with Gasteiger partial charge in [0.15, 0.2) is 0 Å². The van der Waals surface area contributed by atoms with Gasteiger partial charge < -0.3 is 5.73 Å². The number of hydrogen-bond acceptors (Lipinski definition) is 3. The molecule has 3 aliphatic rings. The quantitative estimate of drug-likeness (QED) is 0.825. The summed E-state index contributed by atoms with van der Waals surface area (Å²) < 4.78 is 1.29. The fourth-order valence-electron chi connectivity index (χ4n) is 3.09. The molecule has 3 fully saturated rings. The van der Waals surface area contributed by atoms with Gasteiger partial charge in [-0.25, -0.2) is 0 Å². The molecule has 1 aromatic rings. The molecule has 3 heterocycles. The SMILES string of the molecule is NC(Cc1ccc(I)cc1)C1CN2CCN1CC2. The second-order valence-corrected chi connectivity index (χ2v) is 6.64. The molecule has 98 valence electrons. The number of piperazine rings is 3. The summed E-state index contributed by atoms with van der Waals surface area (Å²) in [4.78, 5) is 5.13. The van der Waals surface area contributed by atoms with Gasteiger partial charge in [0, 0.05) is 48.4 Å². The highest BCUT2D eigenvalue weighted by atomic mass is 127. The average molecular weight is 357 g/mol. The van der Waals surface area contributed by atoms with E-state index in [1.54, 1.807) is 0 Å². The first kappa shape index (κ1) is 12.8. The second kappa shape index (κ2) is 5.45. The first-order valence-electron chi connectivity index (χ1n) is 6.69. The van der Waals surface area contributed by atoms with Crippen LogP contribution in [0.4, 0.5) is 0 Å². The van der Waals surface area contributed by atoms with Crippen molar-refractivity contribution in [1.29, 1.82) is 0 Å². The smallest absolute Gasteiger partial charge is 0.0378 e. The molecule has 2 N–H and O–H groups in total. The van der Waals surface area contributed by atoms with Gasteiger partial charge in [0.25, 0.3) is 0 Å². The maximum atomic E-state index is 6.43. The third kappa shape index (κ3) is 2.71. The summed E-state index contributed by atoms with van der Waals surface area (Å²) in [7, 11) is 0. The van der Waals surface area contributed by atoms with Crippen LogP contribution in [-0.4, -0.2) is 54.6 Å². The molecule has 0 aliphatic carbocycles. The Labute approximate surface area is 122 Å². The number of hydrogen-bond donors (Lipinski definition) is 1. The largest absolute Gasteiger partial charge is 0.326 e. The summed E-state index contributed by atoms with van der Waals surface area (Å²) in [5.74, 6) is 0. The zero-order valence-electron chi connectivity index (χ0n) is 10.6. The third-order valence-corrected chi connectivity index (χ3v) is 4.92. The standard InChI is InChI=1S/C14H20IN3/c15-12-3-1-11(2-4-12)9-13(16)14-10-17-5-7-18(14)8-6-17/h1-4,13-14H,5-10,16H2. The first-order valence-corrected chi connectivity index (χ1v) is 7.77. The van der Waals surface area contributed by atoms with E-state index < -0.39 is 0 Å². The number of benzene rings is 1. The molecular formula is C14H20IN3. The van der Waals surface area contributed by atoms with E-state index in [4.69, 9.17) is 5.73 Å². The van der Waals surface area contributed by atoms with Crippen molar-refractivity contribution in [3.63, 3.8) is 0 Å². The Balaban J connectivity index is 1.64. The van der Waals surface area contributed by atoms with Crippen molar-refractivity contribution in [1.82, 2.24) is 9.80 Å². The van der Waals surface area contributed by atoms with Gasteiger partial charge in [-0.1, -0.05) is 12.1 Å². The van der Waals surface area contributed by atoms with Crippen molar-refractivity contribution < 1.29 is 0 Å². The van der Waals surface area contributed by atoms with Crippen LogP contribution in [0, 0.1) is 3.57 Å². The van der Waals surface area contributed by atoms with Gasteiger partial charge in [0.1, 0.15) is 0 Å². The van der Waals surface area contributed by atoms with Gasteiger partial charge >= 0.3 is 0 Å². The van der Waals surface area contributed by atoms with Crippen molar-refractivity contribution in [2.75, 3.05) is 32.7 Å². The Morgan fingerprint density at radius 3 is 2.39 bits per heavy atom. The Morgan fingerprint density at radius 2 is 1.83 bits per heavy atom. The maximum absolute atomic E-state index is 6.43. The number of halogens is 1. The van der Waals surface area contributed by atoms with E-state index in [1.807, 2.05) is 0 Å². The van der Waals surface area contributed by atoms with E-state index in [1.165, 1.54) is 35.3 Å². The lowest BCUT2D eigenvalue weighted by Crippen LogP contribution is -2.66. The number of nitrogens with zero attached hydrogens (tertiary/aromatic N) is 2. The molecule has 2 atom stereocenters. The molecule has 0 saturated carbocycles. The van der Waals surface area contributed by atoms with Gasteiger partial charge in [-0.15, -0.1) is 0 Å². The highest BCUT2D eigenvalue weighted by Gasteiger charge is 2.35. The Hall–Kier alpha value is -0.170. The first-order chi connectivity index (χ1) is 8.72. The van der Waals surface area contributed by atoms with Crippen LogP contribution >= 0.6 is 22.6 Å². The fraction of sp³-hybridized carbons (Fsp3) is 0.571. The van der Waals surface area contributed by atoms with Gasteiger partial charge in [0.2, 0.25) is 0 Å². The van der Waals surface area contributed by atoms with Crippen molar-refractivity contribution in [3.8, 4) is 0 Å². The summed E-state index contributed by atoms with van der Waals surface area (Å²) in [5.41, 5.74) is 7.80. The van der Waals surface area contributed by atoms with E-state index in [2.05, 4.69) is 56.7 Å². The molecule has 2 bridgehead atoms. The topological polar surface area (TPSA) is 32.5 Å². The van der Waals surface area contributed by atoms with Crippen LogP contribution in [0.5, 0.6) is 0 Å².